The van der Waals surface area contributed by atoms with Gasteiger partial charge in [0.1, 0.15) is 5.76 Å². The normalized spacial score (nSPS) is 24.4. The van der Waals surface area contributed by atoms with Crippen molar-refractivity contribution in [2.45, 2.75) is 38.6 Å². The maximum Gasteiger partial charge on any atom is 0.301 e. The summed E-state index contributed by atoms with van der Waals surface area (Å²) in [6, 6.07) is 2.43. The summed E-state index contributed by atoms with van der Waals surface area (Å²) in [5.41, 5.74) is 2.93. The molecule has 2 unspecified atom stereocenters. The van der Waals surface area contributed by atoms with Gasteiger partial charge in [-0.1, -0.05) is 6.92 Å². The number of furan rings is 1. The van der Waals surface area contributed by atoms with Gasteiger partial charge in [-0.25, -0.2) is 5.84 Å². The Labute approximate surface area is 117 Å². The lowest BCUT2D eigenvalue weighted by molar-refractivity contribution is 0.0920. The molecule has 106 valence electrons. The van der Waals surface area contributed by atoms with E-state index in [0.29, 0.717) is 17.1 Å². The molecule has 1 aromatic rings. The largest absolute Gasteiger partial charge is 0.454 e. The molecule has 1 fully saturated rings. The lowest BCUT2D eigenvalue weighted by Crippen LogP contribution is -2.43. The molecular weight excluding hydrogens is 262 g/mol. The Morgan fingerprint density at radius 1 is 1.63 bits per heavy atom. The van der Waals surface area contributed by atoms with E-state index in [0.717, 1.165) is 30.2 Å². The molecule has 5 nitrogen and oxygen atoms in total. The topological polar surface area (TPSA) is 71.5 Å². The van der Waals surface area contributed by atoms with Crippen molar-refractivity contribution in [1.82, 2.24) is 10.3 Å². The number of amides is 1. The molecule has 1 aromatic heterocycles. The predicted molar refractivity (Wildman–Crippen MR) is 76.9 cm³/mol. The lowest BCUT2D eigenvalue weighted by atomic mass is 10.2. The average Bonchev–Trinajstić information content (AvgIpc) is 2.75. The molecule has 0 aromatic carbocycles. The highest BCUT2D eigenvalue weighted by Gasteiger charge is 2.26. The third-order valence-corrected chi connectivity index (χ3v) is 5.02. The average molecular weight is 283 g/mol. The zero-order valence-corrected chi connectivity index (χ0v) is 12.4. The van der Waals surface area contributed by atoms with Crippen LogP contribution in [0, 0.1) is 6.92 Å². The Bertz CT molecular complexity index is 461. The second-order valence-electron chi connectivity index (χ2n) is 4.99. The van der Waals surface area contributed by atoms with Gasteiger partial charge < -0.3 is 4.42 Å². The van der Waals surface area contributed by atoms with Gasteiger partial charge in [-0.3, -0.25) is 15.1 Å². The van der Waals surface area contributed by atoms with Crippen LogP contribution in [0.2, 0.25) is 0 Å². The number of nitrogens with zero attached hydrogens (tertiary/aromatic N) is 1. The first-order chi connectivity index (χ1) is 9.02. The molecule has 0 saturated carbocycles. The first kappa shape index (κ1) is 14.4. The Morgan fingerprint density at radius 2 is 2.37 bits per heavy atom. The van der Waals surface area contributed by atoms with Gasteiger partial charge in [0.2, 0.25) is 0 Å². The van der Waals surface area contributed by atoms with Gasteiger partial charge >= 0.3 is 5.91 Å². The number of hydrazine groups is 1. The second kappa shape index (κ2) is 5.98. The maximum absolute atomic E-state index is 11.5. The van der Waals surface area contributed by atoms with E-state index in [4.69, 9.17) is 10.3 Å². The Kier molecular flexibility index (Phi) is 4.54. The van der Waals surface area contributed by atoms with Crippen LogP contribution in [-0.4, -0.2) is 34.4 Å². The third kappa shape index (κ3) is 3.13. The second-order valence-corrected chi connectivity index (χ2v) is 6.47. The Balaban J connectivity index is 2.09. The molecular formula is C13H21N3O2S. The van der Waals surface area contributed by atoms with Crippen LogP contribution in [0.5, 0.6) is 0 Å². The van der Waals surface area contributed by atoms with E-state index in [-0.39, 0.29) is 5.91 Å². The van der Waals surface area contributed by atoms with Gasteiger partial charge in [0.05, 0.1) is 6.54 Å². The van der Waals surface area contributed by atoms with Gasteiger partial charge in [0.15, 0.2) is 5.76 Å². The van der Waals surface area contributed by atoms with Crippen LogP contribution in [0.15, 0.2) is 10.5 Å². The molecule has 1 amide bonds. The number of carbonyl (C=O) groups is 1. The van der Waals surface area contributed by atoms with Crippen molar-refractivity contribution in [3.05, 3.63) is 23.2 Å². The predicted octanol–water partition coefficient (Wildman–Crippen LogP) is 1.52. The molecule has 0 aliphatic carbocycles. The van der Waals surface area contributed by atoms with Gasteiger partial charge in [-0.2, -0.15) is 11.8 Å². The van der Waals surface area contributed by atoms with Crippen molar-refractivity contribution in [3.8, 4) is 0 Å². The SMILES string of the molecule is Cc1cc(CN2CCSC(C)C2C)oc1C(=O)NN. The minimum absolute atomic E-state index is 0.310. The summed E-state index contributed by atoms with van der Waals surface area (Å²) in [5, 5.41) is 0.622. The van der Waals surface area contributed by atoms with E-state index < -0.39 is 0 Å². The number of carbonyl (C=O) groups excluding carboxylic acids is 1. The van der Waals surface area contributed by atoms with E-state index in [1.165, 1.54) is 0 Å². The van der Waals surface area contributed by atoms with Gasteiger partial charge in [0, 0.05) is 29.2 Å². The summed E-state index contributed by atoms with van der Waals surface area (Å²) in [7, 11) is 0. The number of thioether (sulfide) groups is 1. The highest BCUT2D eigenvalue weighted by molar-refractivity contribution is 8.00. The van der Waals surface area contributed by atoms with Crippen molar-refractivity contribution < 1.29 is 9.21 Å². The van der Waals surface area contributed by atoms with Gasteiger partial charge in [0.25, 0.3) is 0 Å². The van der Waals surface area contributed by atoms with Crippen LogP contribution in [-0.2, 0) is 6.54 Å². The first-order valence-corrected chi connectivity index (χ1v) is 7.53. The molecule has 2 atom stereocenters. The molecule has 3 N–H and O–H groups in total. The minimum Gasteiger partial charge on any atom is -0.454 e. The highest BCUT2D eigenvalue weighted by Crippen LogP contribution is 2.26. The van der Waals surface area contributed by atoms with E-state index in [2.05, 4.69) is 24.2 Å². The van der Waals surface area contributed by atoms with Crippen LogP contribution >= 0.6 is 11.8 Å². The van der Waals surface area contributed by atoms with Gasteiger partial charge in [-0.05, 0) is 19.9 Å². The number of aryl methyl sites for hydroxylation is 1. The Morgan fingerprint density at radius 3 is 3.05 bits per heavy atom. The van der Waals surface area contributed by atoms with Crippen molar-refractivity contribution in [1.29, 1.82) is 0 Å². The van der Waals surface area contributed by atoms with Crippen molar-refractivity contribution in [2.24, 2.45) is 5.84 Å². The zero-order valence-electron chi connectivity index (χ0n) is 11.6. The van der Waals surface area contributed by atoms with E-state index >= 15 is 0 Å². The van der Waals surface area contributed by atoms with Crippen molar-refractivity contribution in [3.63, 3.8) is 0 Å². The van der Waals surface area contributed by atoms with Crippen LogP contribution in [0.4, 0.5) is 0 Å². The zero-order chi connectivity index (χ0) is 14.0. The van der Waals surface area contributed by atoms with Crippen molar-refractivity contribution in [2.75, 3.05) is 12.3 Å². The van der Waals surface area contributed by atoms with Crippen LogP contribution in [0.3, 0.4) is 0 Å². The third-order valence-electron chi connectivity index (χ3n) is 3.68. The summed E-state index contributed by atoms with van der Waals surface area (Å²) in [6.45, 7) is 8.14. The number of hydrogen-bond acceptors (Lipinski definition) is 5. The Hall–Kier alpha value is -0.980. The highest BCUT2D eigenvalue weighted by atomic mass is 32.2. The van der Waals surface area contributed by atoms with E-state index in [1.807, 2.05) is 24.8 Å². The number of nitrogen functional groups attached to an aromatic ring is 1. The standard InChI is InChI=1S/C13H21N3O2S/c1-8-6-11(18-12(8)13(17)15-14)7-16-4-5-19-10(3)9(16)2/h6,9-10H,4-5,7,14H2,1-3H3,(H,15,17). The summed E-state index contributed by atoms with van der Waals surface area (Å²) >= 11 is 2.00. The summed E-state index contributed by atoms with van der Waals surface area (Å²) < 4.78 is 5.61. The minimum atomic E-state index is -0.376. The van der Waals surface area contributed by atoms with Crippen LogP contribution in [0.1, 0.15) is 35.7 Å². The molecule has 2 heterocycles. The number of rotatable bonds is 3. The first-order valence-electron chi connectivity index (χ1n) is 6.49. The quantitative estimate of drug-likeness (QED) is 0.500. The summed E-state index contributed by atoms with van der Waals surface area (Å²) in [4.78, 5) is 13.9. The van der Waals surface area contributed by atoms with Gasteiger partial charge in [-0.15, -0.1) is 0 Å². The fourth-order valence-corrected chi connectivity index (χ4v) is 3.50. The lowest BCUT2D eigenvalue weighted by Gasteiger charge is -2.36. The van der Waals surface area contributed by atoms with Crippen LogP contribution in [0.25, 0.3) is 0 Å². The number of nitrogens with one attached hydrogen (secondary N) is 1. The van der Waals surface area contributed by atoms with Crippen molar-refractivity contribution >= 4 is 17.7 Å². The fourth-order valence-electron chi connectivity index (χ4n) is 2.34. The molecule has 0 radical (unpaired) electrons. The number of nitrogens with two attached hydrogens (primary N) is 1. The van der Waals surface area contributed by atoms with E-state index in [9.17, 15) is 4.79 Å². The fraction of sp³-hybridized carbons (Fsp3) is 0.615. The molecule has 2 rings (SSSR count). The molecule has 0 bridgehead atoms. The molecule has 1 aliphatic rings. The molecule has 19 heavy (non-hydrogen) atoms. The molecule has 1 saturated heterocycles. The molecule has 1 aliphatic heterocycles. The molecule has 0 spiro atoms. The number of hydrogen-bond donors (Lipinski definition) is 2. The maximum atomic E-state index is 11.5. The van der Waals surface area contributed by atoms with Crippen LogP contribution < -0.4 is 11.3 Å². The van der Waals surface area contributed by atoms with E-state index in [1.54, 1.807) is 0 Å². The molecule has 6 heteroatoms. The monoisotopic (exact) mass is 283 g/mol. The smallest absolute Gasteiger partial charge is 0.301 e. The summed E-state index contributed by atoms with van der Waals surface area (Å²) in [6.07, 6.45) is 0. The summed E-state index contributed by atoms with van der Waals surface area (Å²) in [5.74, 6) is 7.03.